The van der Waals surface area contributed by atoms with Crippen molar-refractivity contribution in [3.63, 3.8) is 0 Å². The van der Waals surface area contributed by atoms with Crippen LogP contribution in [-0.2, 0) is 0 Å². The Balaban J connectivity index is 1.59. The zero-order valence-electron chi connectivity index (χ0n) is 13.6. The van der Waals surface area contributed by atoms with Crippen LogP contribution in [0.1, 0.15) is 10.4 Å². The van der Waals surface area contributed by atoms with Crippen molar-refractivity contribution in [1.82, 2.24) is 10.1 Å². The summed E-state index contributed by atoms with van der Waals surface area (Å²) in [5, 5.41) is 9.05. The summed E-state index contributed by atoms with van der Waals surface area (Å²) in [5.74, 6) is -0.0293. The number of halogens is 2. The first-order valence-electron chi connectivity index (χ1n) is 7.84. The third-order valence-electron chi connectivity index (χ3n) is 3.72. The molecule has 27 heavy (non-hydrogen) atoms. The molecule has 0 spiro atoms. The van der Waals surface area contributed by atoms with Crippen LogP contribution in [0.5, 0.6) is 0 Å². The number of thiophene rings is 1. The van der Waals surface area contributed by atoms with Gasteiger partial charge in [-0.05, 0) is 53.9 Å². The summed E-state index contributed by atoms with van der Waals surface area (Å²) in [6.45, 7) is 0. The third kappa shape index (κ3) is 3.74. The summed E-state index contributed by atoms with van der Waals surface area (Å²) < 4.78 is 18.4. The third-order valence-corrected chi connectivity index (χ3v) is 4.86. The molecular formula is C19H11ClFN3O2S. The van der Waals surface area contributed by atoms with E-state index >= 15 is 0 Å². The molecule has 8 heteroatoms. The lowest BCUT2D eigenvalue weighted by molar-refractivity contribution is 0.102. The molecule has 2 aromatic carbocycles. The second-order valence-electron chi connectivity index (χ2n) is 5.56. The minimum Gasteiger partial charge on any atom is -0.333 e. The first kappa shape index (κ1) is 17.4. The summed E-state index contributed by atoms with van der Waals surface area (Å²) in [4.78, 5) is 17.4. The fourth-order valence-corrected chi connectivity index (χ4v) is 3.39. The monoisotopic (exact) mass is 399 g/mol. The van der Waals surface area contributed by atoms with E-state index in [2.05, 4.69) is 15.5 Å². The van der Waals surface area contributed by atoms with Crippen molar-refractivity contribution in [2.45, 2.75) is 0 Å². The van der Waals surface area contributed by atoms with Gasteiger partial charge in [-0.15, -0.1) is 11.3 Å². The first-order chi connectivity index (χ1) is 13.1. The molecule has 0 aliphatic carbocycles. The van der Waals surface area contributed by atoms with Gasteiger partial charge >= 0.3 is 0 Å². The Hall–Kier alpha value is -3.03. The van der Waals surface area contributed by atoms with E-state index in [1.54, 1.807) is 42.5 Å². The molecule has 0 unspecified atom stereocenters. The Kier molecular flexibility index (Phi) is 4.70. The molecule has 134 valence electrons. The van der Waals surface area contributed by atoms with Gasteiger partial charge in [0.2, 0.25) is 5.82 Å². The van der Waals surface area contributed by atoms with Gasteiger partial charge in [-0.2, -0.15) is 4.98 Å². The molecule has 0 atom stereocenters. The molecular weight excluding hydrogens is 389 g/mol. The Morgan fingerprint density at radius 3 is 2.74 bits per heavy atom. The Morgan fingerprint density at radius 2 is 1.96 bits per heavy atom. The van der Waals surface area contributed by atoms with Crippen molar-refractivity contribution in [2.75, 3.05) is 5.32 Å². The van der Waals surface area contributed by atoms with Crippen molar-refractivity contribution >= 4 is 34.5 Å². The zero-order chi connectivity index (χ0) is 18.8. The first-order valence-corrected chi connectivity index (χ1v) is 9.10. The van der Waals surface area contributed by atoms with Gasteiger partial charge in [0.05, 0.1) is 5.69 Å². The van der Waals surface area contributed by atoms with Gasteiger partial charge in [0.1, 0.15) is 10.7 Å². The van der Waals surface area contributed by atoms with Crippen LogP contribution >= 0.6 is 22.9 Å². The molecule has 0 fully saturated rings. The van der Waals surface area contributed by atoms with E-state index in [1.165, 1.54) is 23.5 Å². The number of rotatable bonds is 4. The van der Waals surface area contributed by atoms with E-state index in [4.69, 9.17) is 16.1 Å². The van der Waals surface area contributed by atoms with Crippen molar-refractivity contribution in [3.05, 3.63) is 76.4 Å². The summed E-state index contributed by atoms with van der Waals surface area (Å²) in [7, 11) is 0. The topological polar surface area (TPSA) is 68.0 Å². The lowest BCUT2D eigenvalue weighted by Crippen LogP contribution is -2.11. The minimum atomic E-state index is -0.341. The Bertz CT molecular complexity index is 1110. The van der Waals surface area contributed by atoms with Gasteiger partial charge in [0, 0.05) is 16.1 Å². The molecule has 2 heterocycles. The maximum absolute atomic E-state index is 13.1. The van der Waals surface area contributed by atoms with E-state index in [1.807, 2.05) is 5.38 Å². The second kappa shape index (κ2) is 7.30. The molecule has 0 aliphatic rings. The smallest absolute Gasteiger partial charge is 0.270 e. The van der Waals surface area contributed by atoms with Crippen LogP contribution in [0.25, 0.3) is 22.2 Å². The van der Waals surface area contributed by atoms with Crippen molar-refractivity contribution in [2.24, 2.45) is 0 Å². The van der Waals surface area contributed by atoms with Crippen LogP contribution in [-0.4, -0.2) is 16.0 Å². The maximum Gasteiger partial charge on any atom is 0.270 e. The molecule has 2 aromatic heterocycles. The number of benzene rings is 2. The molecule has 0 aliphatic heterocycles. The maximum atomic E-state index is 13.1. The minimum absolute atomic E-state index is 0.269. The highest BCUT2D eigenvalue weighted by Crippen LogP contribution is 2.34. The fraction of sp³-hybridized carbons (Fsp3) is 0. The van der Waals surface area contributed by atoms with E-state index in [0.717, 1.165) is 0 Å². The summed E-state index contributed by atoms with van der Waals surface area (Å²) in [6, 6.07) is 14.2. The van der Waals surface area contributed by atoms with Crippen LogP contribution in [0.15, 0.2) is 64.5 Å². The molecule has 1 N–H and O–H groups in total. The second-order valence-corrected chi connectivity index (χ2v) is 6.91. The SMILES string of the molecule is O=C(Nc1ccsc1-c1nc(-c2ccc(F)cc2)no1)c1cccc(Cl)c1. The van der Waals surface area contributed by atoms with Gasteiger partial charge in [-0.3, -0.25) is 4.79 Å². The van der Waals surface area contributed by atoms with Crippen LogP contribution in [0.2, 0.25) is 5.02 Å². The van der Waals surface area contributed by atoms with E-state index < -0.39 is 0 Å². The molecule has 4 aromatic rings. The van der Waals surface area contributed by atoms with Gasteiger partial charge in [0.25, 0.3) is 11.8 Å². The standard InChI is InChI=1S/C19H11ClFN3O2S/c20-13-3-1-2-12(10-13)18(25)22-15-8-9-27-16(15)19-23-17(24-26-19)11-4-6-14(21)7-5-11/h1-10H,(H,22,25). The highest BCUT2D eigenvalue weighted by Gasteiger charge is 2.18. The van der Waals surface area contributed by atoms with E-state index in [0.29, 0.717) is 32.5 Å². The van der Waals surface area contributed by atoms with E-state index in [9.17, 15) is 9.18 Å². The highest BCUT2D eigenvalue weighted by molar-refractivity contribution is 7.14. The number of hydrogen-bond acceptors (Lipinski definition) is 5. The van der Waals surface area contributed by atoms with Crippen LogP contribution in [0.3, 0.4) is 0 Å². The van der Waals surface area contributed by atoms with Crippen molar-refractivity contribution in [1.29, 1.82) is 0 Å². The van der Waals surface area contributed by atoms with Crippen molar-refractivity contribution < 1.29 is 13.7 Å². The normalized spacial score (nSPS) is 10.7. The quantitative estimate of drug-likeness (QED) is 0.491. The summed E-state index contributed by atoms with van der Waals surface area (Å²) >= 11 is 7.29. The van der Waals surface area contributed by atoms with Gasteiger partial charge in [0.15, 0.2) is 0 Å². The van der Waals surface area contributed by atoms with Crippen LogP contribution in [0, 0.1) is 5.82 Å². The molecule has 1 amide bonds. The number of carbonyl (C=O) groups is 1. The average molecular weight is 400 g/mol. The lowest BCUT2D eigenvalue weighted by Gasteiger charge is -2.05. The van der Waals surface area contributed by atoms with Crippen LogP contribution in [0.4, 0.5) is 10.1 Å². The van der Waals surface area contributed by atoms with Crippen LogP contribution < -0.4 is 5.32 Å². The summed E-state index contributed by atoms with van der Waals surface area (Å²) in [5.41, 5.74) is 1.63. The predicted molar refractivity (Wildman–Crippen MR) is 102 cm³/mol. The number of aromatic nitrogens is 2. The number of carbonyl (C=O) groups excluding carboxylic acids is 1. The predicted octanol–water partition coefficient (Wildman–Crippen LogP) is 5.51. The number of amides is 1. The Labute approximate surface area is 162 Å². The number of nitrogens with one attached hydrogen (secondary N) is 1. The molecule has 5 nitrogen and oxygen atoms in total. The summed E-state index contributed by atoms with van der Waals surface area (Å²) in [6.07, 6.45) is 0. The average Bonchev–Trinajstić information content (AvgIpc) is 3.31. The molecule has 0 bridgehead atoms. The molecule has 0 saturated heterocycles. The van der Waals surface area contributed by atoms with E-state index in [-0.39, 0.29) is 17.6 Å². The van der Waals surface area contributed by atoms with Gasteiger partial charge in [-0.25, -0.2) is 4.39 Å². The number of nitrogens with zero attached hydrogens (tertiary/aromatic N) is 2. The van der Waals surface area contributed by atoms with Crippen molar-refractivity contribution in [3.8, 4) is 22.2 Å². The Morgan fingerprint density at radius 1 is 1.15 bits per heavy atom. The highest BCUT2D eigenvalue weighted by atomic mass is 35.5. The van der Waals surface area contributed by atoms with Gasteiger partial charge < -0.3 is 9.84 Å². The zero-order valence-corrected chi connectivity index (χ0v) is 15.2. The number of hydrogen-bond donors (Lipinski definition) is 1. The fourth-order valence-electron chi connectivity index (χ4n) is 2.43. The molecule has 4 rings (SSSR count). The van der Waals surface area contributed by atoms with Gasteiger partial charge in [-0.1, -0.05) is 22.8 Å². The lowest BCUT2D eigenvalue weighted by atomic mass is 10.2. The molecule has 0 radical (unpaired) electrons. The molecule has 0 saturated carbocycles. The largest absolute Gasteiger partial charge is 0.333 e. The number of anilines is 1.